The molecule has 4 aromatic rings. The van der Waals surface area contributed by atoms with Crippen LogP contribution in [0, 0.1) is 27.7 Å². The number of amides is 1. The van der Waals surface area contributed by atoms with Crippen LogP contribution in [0.1, 0.15) is 22.4 Å². The molecule has 0 radical (unpaired) electrons. The van der Waals surface area contributed by atoms with Gasteiger partial charge in [0.1, 0.15) is 12.1 Å². The molecule has 0 atom stereocenters. The molecule has 0 bridgehead atoms. The maximum atomic E-state index is 13.5. The summed E-state index contributed by atoms with van der Waals surface area (Å²) in [6, 6.07) is 14.7. The van der Waals surface area contributed by atoms with Gasteiger partial charge in [-0.25, -0.2) is 9.36 Å². The molecule has 0 aliphatic heterocycles. The second kappa shape index (κ2) is 8.00. The van der Waals surface area contributed by atoms with E-state index < -0.39 is 11.2 Å². The minimum atomic E-state index is -0.547. The van der Waals surface area contributed by atoms with Crippen LogP contribution in [0.2, 0.25) is 0 Å². The van der Waals surface area contributed by atoms with Gasteiger partial charge in [0, 0.05) is 18.4 Å². The van der Waals surface area contributed by atoms with E-state index in [-0.39, 0.29) is 12.5 Å². The van der Waals surface area contributed by atoms with E-state index in [9.17, 15) is 14.4 Å². The van der Waals surface area contributed by atoms with Crippen LogP contribution in [0.4, 0.5) is 5.69 Å². The average Bonchev–Trinajstić information content (AvgIpc) is 2.99. The van der Waals surface area contributed by atoms with Crippen LogP contribution in [-0.2, 0) is 18.4 Å². The van der Waals surface area contributed by atoms with Crippen molar-refractivity contribution in [2.24, 2.45) is 7.05 Å². The molecule has 7 nitrogen and oxygen atoms in total. The second-order valence-electron chi connectivity index (χ2n) is 8.35. The monoisotopic (exact) mass is 430 g/mol. The van der Waals surface area contributed by atoms with Gasteiger partial charge in [0.05, 0.1) is 11.2 Å². The number of carbonyl (C=O) groups is 1. The summed E-state index contributed by atoms with van der Waals surface area (Å²) < 4.78 is 4.25. The SMILES string of the molecule is Cc1cc(C)cc(NC(=O)Cn2c(=O)n(-c3cccc(C)c3)c(=O)c3c2cc(C)n3C)c1. The summed E-state index contributed by atoms with van der Waals surface area (Å²) >= 11 is 0. The highest BCUT2D eigenvalue weighted by atomic mass is 16.2. The first-order valence-electron chi connectivity index (χ1n) is 10.4. The van der Waals surface area contributed by atoms with E-state index in [0.29, 0.717) is 22.4 Å². The largest absolute Gasteiger partial charge is 0.342 e. The minimum absolute atomic E-state index is 0.210. The Morgan fingerprint density at radius 3 is 2.25 bits per heavy atom. The molecule has 0 unspecified atom stereocenters. The fourth-order valence-corrected chi connectivity index (χ4v) is 4.13. The molecule has 0 fully saturated rings. The number of hydrogen-bond donors (Lipinski definition) is 1. The van der Waals surface area contributed by atoms with Gasteiger partial charge in [-0.2, -0.15) is 0 Å². The van der Waals surface area contributed by atoms with Gasteiger partial charge in [0.15, 0.2) is 0 Å². The predicted octanol–water partition coefficient (Wildman–Crippen LogP) is 3.36. The molecule has 0 spiro atoms. The molecular weight excluding hydrogens is 404 g/mol. The Balaban J connectivity index is 1.87. The number of hydrogen-bond acceptors (Lipinski definition) is 3. The smallest absolute Gasteiger partial charge is 0.336 e. The number of fused-ring (bicyclic) bond motifs is 1. The highest BCUT2D eigenvalue weighted by molar-refractivity contribution is 5.91. The Morgan fingerprint density at radius 2 is 1.59 bits per heavy atom. The molecule has 1 N–H and O–H groups in total. The van der Waals surface area contributed by atoms with Crippen molar-refractivity contribution in [1.82, 2.24) is 13.7 Å². The van der Waals surface area contributed by atoms with Gasteiger partial charge in [-0.1, -0.05) is 18.2 Å². The number of aryl methyl sites for hydroxylation is 5. The third-order valence-electron chi connectivity index (χ3n) is 5.64. The fraction of sp³-hybridized carbons (Fsp3) is 0.240. The van der Waals surface area contributed by atoms with Crippen molar-refractivity contribution in [3.05, 3.63) is 91.8 Å². The number of benzene rings is 2. The van der Waals surface area contributed by atoms with Crippen molar-refractivity contribution in [2.75, 3.05) is 5.32 Å². The number of carbonyl (C=O) groups excluding carboxylic acids is 1. The average molecular weight is 431 g/mol. The quantitative estimate of drug-likeness (QED) is 0.539. The highest BCUT2D eigenvalue weighted by Gasteiger charge is 2.20. The fourth-order valence-electron chi connectivity index (χ4n) is 4.13. The lowest BCUT2D eigenvalue weighted by molar-refractivity contribution is -0.116. The lowest BCUT2D eigenvalue weighted by atomic mass is 10.1. The van der Waals surface area contributed by atoms with Crippen LogP contribution in [0.25, 0.3) is 16.7 Å². The molecule has 2 aromatic heterocycles. The lowest BCUT2D eigenvalue weighted by Gasteiger charge is -2.14. The van der Waals surface area contributed by atoms with Crippen molar-refractivity contribution < 1.29 is 4.79 Å². The molecule has 0 saturated heterocycles. The number of rotatable bonds is 4. The van der Waals surface area contributed by atoms with Crippen LogP contribution in [0.15, 0.2) is 58.1 Å². The van der Waals surface area contributed by atoms with E-state index in [0.717, 1.165) is 27.0 Å². The molecule has 1 amide bonds. The van der Waals surface area contributed by atoms with Crippen molar-refractivity contribution in [3.8, 4) is 5.69 Å². The maximum Gasteiger partial charge on any atom is 0.336 e. The molecular formula is C25H26N4O3. The van der Waals surface area contributed by atoms with Gasteiger partial charge in [0.2, 0.25) is 5.91 Å². The summed E-state index contributed by atoms with van der Waals surface area (Å²) in [5, 5.41) is 2.88. The van der Waals surface area contributed by atoms with Gasteiger partial charge in [-0.15, -0.1) is 0 Å². The summed E-state index contributed by atoms with van der Waals surface area (Å²) in [6.45, 7) is 7.47. The normalized spacial score (nSPS) is 11.2. The number of nitrogens with zero attached hydrogens (tertiary/aromatic N) is 3. The zero-order valence-electron chi connectivity index (χ0n) is 18.9. The van der Waals surface area contributed by atoms with Crippen LogP contribution >= 0.6 is 0 Å². The van der Waals surface area contributed by atoms with E-state index >= 15 is 0 Å². The molecule has 0 saturated carbocycles. The number of aromatic nitrogens is 3. The van der Waals surface area contributed by atoms with E-state index in [2.05, 4.69) is 5.32 Å². The van der Waals surface area contributed by atoms with E-state index in [4.69, 9.17) is 0 Å². The minimum Gasteiger partial charge on any atom is -0.342 e. The summed E-state index contributed by atoms with van der Waals surface area (Å²) in [6.07, 6.45) is 0. The van der Waals surface area contributed by atoms with Crippen molar-refractivity contribution in [3.63, 3.8) is 0 Å². The Bertz CT molecular complexity index is 1470. The van der Waals surface area contributed by atoms with Crippen molar-refractivity contribution >= 4 is 22.6 Å². The molecule has 2 heterocycles. The Morgan fingerprint density at radius 1 is 0.906 bits per heavy atom. The van der Waals surface area contributed by atoms with E-state index in [1.165, 1.54) is 4.57 Å². The Hall–Kier alpha value is -3.87. The second-order valence-corrected chi connectivity index (χ2v) is 8.35. The standard InChI is InChI=1S/C25H26N4O3/c1-15-7-6-8-20(12-15)29-24(31)23-21(13-18(4)27(23)5)28(25(29)32)14-22(30)26-19-10-16(2)9-17(3)11-19/h6-13H,14H2,1-5H3,(H,26,30). The van der Waals surface area contributed by atoms with Gasteiger partial charge in [-0.3, -0.25) is 14.2 Å². The van der Waals surface area contributed by atoms with E-state index in [1.54, 1.807) is 35.9 Å². The summed E-state index contributed by atoms with van der Waals surface area (Å²) in [5.41, 5.74) is 4.84. The maximum absolute atomic E-state index is 13.5. The summed E-state index contributed by atoms with van der Waals surface area (Å²) in [7, 11) is 1.78. The molecule has 0 aliphatic carbocycles. The van der Waals surface area contributed by atoms with Gasteiger partial charge < -0.3 is 9.88 Å². The van der Waals surface area contributed by atoms with Crippen molar-refractivity contribution in [2.45, 2.75) is 34.2 Å². The van der Waals surface area contributed by atoms with E-state index in [1.807, 2.05) is 52.0 Å². The molecule has 2 aromatic carbocycles. The third-order valence-corrected chi connectivity index (χ3v) is 5.64. The molecule has 4 rings (SSSR count). The van der Waals surface area contributed by atoms with Gasteiger partial charge >= 0.3 is 5.69 Å². The molecule has 7 heteroatoms. The molecule has 0 aliphatic rings. The third kappa shape index (κ3) is 3.77. The van der Waals surface area contributed by atoms with Crippen molar-refractivity contribution in [1.29, 1.82) is 0 Å². The van der Waals surface area contributed by atoms with Crippen LogP contribution < -0.4 is 16.6 Å². The highest BCUT2D eigenvalue weighted by Crippen LogP contribution is 2.17. The van der Waals surface area contributed by atoms with Gasteiger partial charge in [-0.05, 0) is 74.7 Å². The molecule has 32 heavy (non-hydrogen) atoms. The van der Waals surface area contributed by atoms with Crippen LogP contribution in [0.3, 0.4) is 0 Å². The predicted molar refractivity (Wildman–Crippen MR) is 127 cm³/mol. The number of anilines is 1. The van der Waals surface area contributed by atoms with Gasteiger partial charge in [0.25, 0.3) is 5.56 Å². The molecule has 164 valence electrons. The Kier molecular flexibility index (Phi) is 5.34. The first kappa shape index (κ1) is 21.4. The zero-order chi connectivity index (χ0) is 23.2. The Labute approximate surface area is 185 Å². The number of nitrogens with one attached hydrogen (secondary N) is 1. The summed E-state index contributed by atoms with van der Waals surface area (Å²) in [4.78, 5) is 39.7. The van der Waals surface area contributed by atoms with Crippen LogP contribution in [-0.4, -0.2) is 19.6 Å². The zero-order valence-corrected chi connectivity index (χ0v) is 18.9. The first-order valence-corrected chi connectivity index (χ1v) is 10.4. The van der Waals surface area contributed by atoms with Crippen LogP contribution in [0.5, 0.6) is 0 Å². The lowest BCUT2D eigenvalue weighted by Crippen LogP contribution is -2.41. The topological polar surface area (TPSA) is 78.0 Å². The first-order chi connectivity index (χ1) is 15.2. The summed E-state index contributed by atoms with van der Waals surface area (Å²) in [5.74, 6) is -0.339.